The van der Waals surface area contributed by atoms with Gasteiger partial charge in [0, 0.05) is 28.5 Å². The number of allylic oxidation sites excluding steroid dienone is 1. The Morgan fingerprint density at radius 3 is 2.37 bits per heavy atom. The van der Waals surface area contributed by atoms with Gasteiger partial charge in [-0.3, -0.25) is 4.79 Å². The maximum Gasteiger partial charge on any atom is 0.185 e. The SMILES string of the molecule is N#CC(C#N)=C(C1CC1)C1C(c2cccs2)C(C(=O)c2ccccc2)N2C=Cc3ccccc3C12. The topological polar surface area (TPSA) is 67.9 Å². The molecule has 2 aliphatic heterocycles. The van der Waals surface area contributed by atoms with E-state index in [1.54, 1.807) is 11.3 Å². The van der Waals surface area contributed by atoms with Crippen LogP contribution >= 0.6 is 11.3 Å². The zero-order valence-corrected chi connectivity index (χ0v) is 19.9. The number of fused-ring (bicyclic) bond motifs is 3. The number of carbonyl (C=O) groups is 1. The van der Waals surface area contributed by atoms with Crippen molar-refractivity contribution in [2.45, 2.75) is 30.8 Å². The molecule has 0 amide bonds. The van der Waals surface area contributed by atoms with Crippen molar-refractivity contribution in [3.05, 3.63) is 111 Å². The largest absolute Gasteiger partial charge is 0.359 e. The van der Waals surface area contributed by atoms with Gasteiger partial charge < -0.3 is 4.90 Å². The number of hydrogen-bond acceptors (Lipinski definition) is 5. The molecule has 2 aromatic carbocycles. The third-order valence-electron chi connectivity index (χ3n) is 7.54. The normalized spacial score (nSPS) is 24.1. The predicted molar refractivity (Wildman–Crippen MR) is 136 cm³/mol. The van der Waals surface area contributed by atoms with E-state index in [0.717, 1.165) is 34.4 Å². The molecule has 0 N–H and O–H groups in total. The Hall–Kier alpha value is -3.93. The van der Waals surface area contributed by atoms with Crippen LogP contribution < -0.4 is 0 Å². The summed E-state index contributed by atoms with van der Waals surface area (Å²) in [6.07, 6.45) is 6.11. The first-order chi connectivity index (χ1) is 17.2. The molecule has 35 heavy (non-hydrogen) atoms. The van der Waals surface area contributed by atoms with E-state index in [4.69, 9.17) is 0 Å². The second-order valence-electron chi connectivity index (χ2n) is 9.41. The molecule has 170 valence electrons. The van der Waals surface area contributed by atoms with Gasteiger partial charge in [0.25, 0.3) is 0 Å². The van der Waals surface area contributed by atoms with E-state index in [2.05, 4.69) is 47.5 Å². The van der Waals surface area contributed by atoms with Gasteiger partial charge in [0.15, 0.2) is 5.78 Å². The minimum atomic E-state index is -0.428. The zero-order valence-electron chi connectivity index (χ0n) is 19.0. The minimum absolute atomic E-state index is 0.0751. The molecule has 4 atom stereocenters. The molecule has 6 rings (SSSR count). The third-order valence-corrected chi connectivity index (χ3v) is 8.51. The number of rotatable bonds is 5. The molecular formula is C30H23N3OS. The molecule has 0 spiro atoms. The van der Waals surface area contributed by atoms with Crippen LogP contribution in [0.1, 0.15) is 51.2 Å². The van der Waals surface area contributed by atoms with Crippen LogP contribution in [-0.2, 0) is 0 Å². The average molecular weight is 474 g/mol. The van der Waals surface area contributed by atoms with Gasteiger partial charge in [-0.15, -0.1) is 11.3 Å². The highest BCUT2D eigenvalue weighted by atomic mass is 32.1. The van der Waals surface area contributed by atoms with Crippen molar-refractivity contribution in [1.29, 1.82) is 10.5 Å². The average Bonchev–Trinajstić information content (AvgIpc) is 3.48. The highest BCUT2D eigenvalue weighted by Gasteiger charge is 2.56. The fourth-order valence-corrected chi connectivity index (χ4v) is 6.92. The first-order valence-corrected chi connectivity index (χ1v) is 12.8. The number of nitrogens with zero attached hydrogens (tertiary/aromatic N) is 3. The number of ketones is 1. The van der Waals surface area contributed by atoms with Crippen LogP contribution in [0.4, 0.5) is 0 Å². The van der Waals surface area contributed by atoms with Gasteiger partial charge in [0.1, 0.15) is 23.8 Å². The van der Waals surface area contributed by atoms with Crippen LogP contribution in [0.5, 0.6) is 0 Å². The molecule has 5 heteroatoms. The molecule has 1 saturated heterocycles. The molecule has 2 fully saturated rings. The summed E-state index contributed by atoms with van der Waals surface area (Å²) in [4.78, 5) is 17.5. The Morgan fingerprint density at radius 2 is 1.69 bits per heavy atom. The van der Waals surface area contributed by atoms with Gasteiger partial charge in [-0.25, -0.2) is 0 Å². The Balaban J connectivity index is 1.62. The molecule has 0 bridgehead atoms. The second kappa shape index (κ2) is 8.69. The molecule has 4 unspecified atom stereocenters. The molecule has 3 aromatic rings. The smallest absolute Gasteiger partial charge is 0.185 e. The summed E-state index contributed by atoms with van der Waals surface area (Å²) in [7, 11) is 0. The Labute approximate surface area is 209 Å². The van der Waals surface area contributed by atoms with Crippen LogP contribution in [-0.4, -0.2) is 16.7 Å². The van der Waals surface area contributed by atoms with Gasteiger partial charge in [0.05, 0.1) is 6.04 Å². The summed E-state index contributed by atoms with van der Waals surface area (Å²) >= 11 is 1.65. The number of Topliss-reactive ketones (excluding diaryl/α,β-unsaturated/α-hetero) is 1. The lowest BCUT2D eigenvalue weighted by atomic mass is 9.74. The van der Waals surface area contributed by atoms with Crippen molar-refractivity contribution in [3.8, 4) is 12.1 Å². The standard InChI is InChI=1S/C30H23N3OS/c31-17-22(18-32)25(20-12-13-20)27-26(24-11-6-16-35-24)29(30(34)21-8-2-1-3-9-21)33-15-14-19-7-4-5-10-23(19)28(27)33/h1-11,14-16,20,26-29H,12-13H2. The monoisotopic (exact) mass is 473 g/mol. The molecule has 1 saturated carbocycles. The number of benzene rings is 2. The van der Waals surface area contributed by atoms with E-state index in [1.165, 1.54) is 0 Å². The Bertz CT molecular complexity index is 1400. The Kier molecular flexibility index (Phi) is 5.36. The lowest BCUT2D eigenvalue weighted by molar-refractivity contribution is 0.0875. The van der Waals surface area contributed by atoms with Gasteiger partial charge in [0.2, 0.25) is 0 Å². The molecular weight excluding hydrogens is 450 g/mol. The maximum atomic E-state index is 14.2. The van der Waals surface area contributed by atoms with Crippen LogP contribution in [0.15, 0.2) is 89.5 Å². The zero-order chi connectivity index (χ0) is 23.9. The fourth-order valence-electron chi connectivity index (χ4n) is 6.01. The van der Waals surface area contributed by atoms with Crippen LogP contribution in [0, 0.1) is 34.5 Å². The van der Waals surface area contributed by atoms with Crippen molar-refractivity contribution in [2.75, 3.05) is 0 Å². The van der Waals surface area contributed by atoms with E-state index in [1.807, 2.05) is 53.9 Å². The van der Waals surface area contributed by atoms with Gasteiger partial charge >= 0.3 is 0 Å². The predicted octanol–water partition coefficient (Wildman–Crippen LogP) is 6.49. The van der Waals surface area contributed by atoms with Crippen molar-refractivity contribution in [1.82, 2.24) is 4.90 Å². The lowest BCUT2D eigenvalue weighted by Crippen LogP contribution is -2.37. The molecule has 0 radical (unpaired) electrons. The van der Waals surface area contributed by atoms with Crippen molar-refractivity contribution < 1.29 is 4.79 Å². The summed E-state index contributed by atoms with van der Waals surface area (Å²) in [5, 5.41) is 22.0. The van der Waals surface area contributed by atoms with Gasteiger partial charge in [-0.2, -0.15) is 10.5 Å². The summed E-state index contributed by atoms with van der Waals surface area (Å²) in [6.45, 7) is 0. The van der Waals surface area contributed by atoms with Crippen molar-refractivity contribution in [2.24, 2.45) is 11.8 Å². The Morgan fingerprint density at radius 1 is 0.943 bits per heavy atom. The van der Waals surface area contributed by atoms with Crippen molar-refractivity contribution >= 4 is 23.2 Å². The fraction of sp³-hybridized carbons (Fsp3) is 0.233. The van der Waals surface area contributed by atoms with E-state index in [0.29, 0.717) is 5.56 Å². The molecule has 4 nitrogen and oxygen atoms in total. The van der Waals surface area contributed by atoms with E-state index in [9.17, 15) is 15.3 Å². The number of thiophene rings is 1. The molecule has 1 aromatic heterocycles. The second-order valence-corrected chi connectivity index (χ2v) is 10.4. The first kappa shape index (κ1) is 21.6. The van der Waals surface area contributed by atoms with Crippen LogP contribution in [0.3, 0.4) is 0 Å². The highest BCUT2D eigenvalue weighted by molar-refractivity contribution is 7.10. The number of hydrogen-bond donors (Lipinski definition) is 0. The number of nitriles is 2. The van der Waals surface area contributed by atoms with Gasteiger partial charge in [-0.05, 0) is 53.0 Å². The maximum absolute atomic E-state index is 14.2. The summed E-state index contributed by atoms with van der Waals surface area (Å²) in [5.74, 6) is 0.00317. The summed E-state index contributed by atoms with van der Waals surface area (Å²) in [5.41, 5.74) is 4.12. The molecule has 1 aliphatic carbocycles. The van der Waals surface area contributed by atoms with Crippen molar-refractivity contribution in [3.63, 3.8) is 0 Å². The summed E-state index contributed by atoms with van der Waals surface area (Å²) < 4.78 is 0. The van der Waals surface area contributed by atoms with Crippen LogP contribution in [0.25, 0.3) is 6.08 Å². The summed E-state index contributed by atoms with van der Waals surface area (Å²) in [6, 6.07) is 25.8. The lowest BCUT2D eigenvalue weighted by Gasteiger charge is -2.35. The first-order valence-electron chi connectivity index (χ1n) is 11.9. The van der Waals surface area contributed by atoms with E-state index >= 15 is 0 Å². The van der Waals surface area contributed by atoms with Crippen LogP contribution in [0.2, 0.25) is 0 Å². The highest BCUT2D eigenvalue weighted by Crippen LogP contribution is 2.60. The molecule has 3 heterocycles. The third kappa shape index (κ3) is 3.52. The molecule has 3 aliphatic rings. The van der Waals surface area contributed by atoms with E-state index in [-0.39, 0.29) is 35.2 Å². The number of carbonyl (C=O) groups excluding carboxylic acids is 1. The van der Waals surface area contributed by atoms with E-state index < -0.39 is 6.04 Å². The minimum Gasteiger partial charge on any atom is -0.359 e. The quantitative estimate of drug-likeness (QED) is 0.314. The van der Waals surface area contributed by atoms with Gasteiger partial charge in [-0.1, -0.05) is 60.7 Å².